The molecule has 1 aromatic heterocycles. The van der Waals surface area contributed by atoms with Crippen LogP contribution in [0.3, 0.4) is 0 Å². The lowest BCUT2D eigenvalue weighted by Gasteiger charge is -2.42. The number of hydrogen-bond donors (Lipinski definition) is 2. The lowest BCUT2D eigenvalue weighted by molar-refractivity contribution is -0.129. The summed E-state index contributed by atoms with van der Waals surface area (Å²) in [6, 6.07) is 0.826. The average Bonchev–Trinajstić information content (AvgIpc) is 2.92. The highest BCUT2D eigenvalue weighted by atomic mass is 19.3. The molecule has 0 saturated carbocycles. The van der Waals surface area contributed by atoms with Gasteiger partial charge in [-0.3, -0.25) is 19.9 Å². The number of carbonyl (C=O) groups is 1. The highest BCUT2D eigenvalue weighted by Gasteiger charge is 2.35. The number of amides is 1. The number of nitrogens with one attached hydrogen (secondary N) is 2. The molecule has 7 nitrogen and oxygen atoms in total. The molecule has 1 aromatic rings. The predicted octanol–water partition coefficient (Wildman–Crippen LogP) is 0.127. The first-order valence-corrected chi connectivity index (χ1v) is 7.73. The van der Waals surface area contributed by atoms with Crippen molar-refractivity contribution in [3.8, 4) is 0 Å². The van der Waals surface area contributed by atoms with Crippen molar-refractivity contribution in [1.82, 2.24) is 25.6 Å². The van der Waals surface area contributed by atoms with Gasteiger partial charge in [-0.1, -0.05) is 5.16 Å². The molecule has 9 heteroatoms. The van der Waals surface area contributed by atoms with E-state index in [0.717, 1.165) is 24.5 Å². The van der Waals surface area contributed by atoms with Crippen molar-refractivity contribution >= 4 is 5.91 Å². The number of alkyl halides is 2. The van der Waals surface area contributed by atoms with Crippen LogP contribution in [0.25, 0.3) is 0 Å². The predicted molar refractivity (Wildman–Crippen MR) is 77.6 cm³/mol. The topological polar surface area (TPSA) is 73.6 Å². The second-order valence-corrected chi connectivity index (χ2v) is 6.03. The summed E-state index contributed by atoms with van der Waals surface area (Å²) in [6.45, 7) is 5.46. The fourth-order valence-electron chi connectivity index (χ4n) is 2.96. The molecule has 2 unspecified atom stereocenters. The van der Waals surface area contributed by atoms with E-state index in [9.17, 15) is 13.6 Å². The van der Waals surface area contributed by atoms with E-state index in [4.69, 9.17) is 4.52 Å². The Morgan fingerprint density at radius 2 is 2.13 bits per heavy atom. The molecular weight excluding hydrogens is 308 g/mol. The van der Waals surface area contributed by atoms with Crippen molar-refractivity contribution in [2.45, 2.75) is 38.6 Å². The zero-order valence-corrected chi connectivity index (χ0v) is 13.0. The average molecular weight is 329 g/mol. The van der Waals surface area contributed by atoms with E-state index in [1.165, 1.54) is 0 Å². The van der Waals surface area contributed by atoms with E-state index in [0.29, 0.717) is 19.6 Å². The summed E-state index contributed by atoms with van der Waals surface area (Å²) < 4.78 is 30.9. The number of carbonyl (C=O) groups excluding carboxylic acids is 1. The molecule has 0 aromatic carbocycles. The van der Waals surface area contributed by atoms with Crippen LogP contribution in [0.2, 0.25) is 0 Å². The van der Waals surface area contributed by atoms with Crippen LogP contribution in [0.1, 0.15) is 17.9 Å². The van der Waals surface area contributed by atoms with Crippen LogP contribution < -0.4 is 10.6 Å². The van der Waals surface area contributed by atoms with Crippen molar-refractivity contribution in [1.29, 1.82) is 0 Å². The summed E-state index contributed by atoms with van der Waals surface area (Å²) in [4.78, 5) is 15.8. The Bertz CT molecular complexity index is 545. The van der Waals surface area contributed by atoms with Gasteiger partial charge in [-0.25, -0.2) is 8.78 Å². The Labute approximate surface area is 133 Å². The van der Waals surface area contributed by atoms with Gasteiger partial charge in [0, 0.05) is 38.7 Å². The lowest BCUT2D eigenvalue weighted by Crippen LogP contribution is -2.67. The highest BCUT2D eigenvalue weighted by molar-refractivity contribution is 5.77. The van der Waals surface area contributed by atoms with Gasteiger partial charge in [-0.15, -0.1) is 0 Å². The number of rotatable bonds is 4. The summed E-state index contributed by atoms with van der Waals surface area (Å²) in [6.07, 6.45) is -3.25. The van der Waals surface area contributed by atoms with E-state index < -0.39 is 18.8 Å². The Balaban J connectivity index is 1.51. The van der Waals surface area contributed by atoms with Gasteiger partial charge in [0.25, 0.3) is 6.43 Å². The maximum absolute atomic E-state index is 12.9. The Hall–Kier alpha value is -1.58. The van der Waals surface area contributed by atoms with Gasteiger partial charge < -0.3 is 9.84 Å². The number of piperazine rings is 1. The maximum atomic E-state index is 12.9. The molecule has 2 aliphatic heterocycles. The number of aromatic nitrogens is 1. The van der Waals surface area contributed by atoms with Crippen LogP contribution in [0, 0.1) is 6.92 Å². The highest BCUT2D eigenvalue weighted by Crippen LogP contribution is 2.14. The molecule has 0 aliphatic carbocycles. The SMILES string of the molecule is Cc1cc(CN2CCN(C3NC(=O)CC(C(F)F)N3)CC2)on1. The first kappa shape index (κ1) is 16.3. The smallest absolute Gasteiger partial charge is 0.254 e. The van der Waals surface area contributed by atoms with Gasteiger partial charge in [0.2, 0.25) is 5.91 Å². The molecule has 3 rings (SSSR count). The van der Waals surface area contributed by atoms with Gasteiger partial charge >= 0.3 is 0 Å². The summed E-state index contributed by atoms with van der Waals surface area (Å²) in [5.41, 5.74) is 0.853. The van der Waals surface area contributed by atoms with Gasteiger partial charge in [-0.05, 0) is 6.92 Å². The molecule has 1 amide bonds. The third-order valence-corrected chi connectivity index (χ3v) is 4.21. The zero-order chi connectivity index (χ0) is 16.4. The first-order chi connectivity index (χ1) is 11.0. The second kappa shape index (κ2) is 6.90. The molecule has 2 aliphatic rings. The maximum Gasteiger partial charge on any atom is 0.254 e. The van der Waals surface area contributed by atoms with Crippen molar-refractivity contribution in [3.05, 3.63) is 17.5 Å². The van der Waals surface area contributed by atoms with Crippen LogP contribution in [0.5, 0.6) is 0 Å². The van der Waals surface area contributed by atoms with Crippen LogP contribution >= 0.6 is 0 Å². The van der Waals surface area contributed by atoms with E-state index in [2.05, 4.69) is 20.7 Å². The largest absolute Gasteiger partial charge is 0.360 e. The van der Waals surface area contributed by atoms with Crippen molar-refractivity contribution in [2.75, 3.05) is 26.2 Å². The Kier molecular flexibility index (Phi) is 4.88. The molecule has 2 saturated heterocycles. The van der Waals surface area contributed by atoms with E-state index in [-0.39, 0.29) is 12.3 Å². The summed E-state index contributed by atoms with van der Waals surface area (Å²) in [5.74, 6) is 0.483. The van der Waals surface area contributed by atoms with Crippen LogP contribution in [-0.4, -0.2) is 65.8 Å². The summed E-state index contributed by atoms with van der Waals surface area (Å²) >= 11 is 0. The minimum absolute atomic E-state index is 0.182. The van der Waals surface area contributed by atoms with Gasteiger partial charge in [0.05, 0.1) is 18.3 Å². The van der Waals surface area contributed by atoms with Crippen molar-refractivity contribution < 1.29 is 18.1 Å². The molecule has 2 N–H and O–H groups in total. The second-order valence-electron chi connectivity index (χ2n) is 6.03. The third-order valence-electron chi connectivity index (χ3n) is 4.21. The first-order valence-electron chi connectivity index (χ1n) is 7.73. The van der Waals surface area contributed by atoms with Gasteiger partial charge in [0.1, 0.15) is 6.29 Å². The molecule has 0 radical (unpaired) electrons. The quantitative estimate of drug-likeness (QED) is 0.818. The minimum atomic E-state index is -2.54. The van der Waals surface area contributed by atoms with Crippen molar-refractivity contribution in [3.63, 3.8) is 0 Å². The number of halogens is 2. The Morgan fingerprint density at radius 1 is 1.39 bits per heavy atom. The van der Waals surface area contributed by atoms with Gasteiger partial charge in [0.15, 0.2) is 5.76 Å². The van der Waals surface area contributed by atoms with Gasteiger partial charge in [-0.2, -0.15) is 0 Å². The number of hydrogen-bond acceptors (Lipinski definition) is 6. The molecule has 0 spiro atoms. The fourth-order valence-corrected chi connectivity index (χ4v) is 2.96. The van der Waals surface area contributed by atoms with Crippen LogP contribution in [0.4, 0.5) is 8.78 Å². The molecule has 23 heavy (non-hydrogen) atoms. The van der Waals surface area contributed by atoms with E-state index >= 15 is 0 Å². The lowest BCUT2D eigenvalue weighted by atomic mass is 10.1. The van der Waals surface area contributed by atoms with Crippen LogP contribution in [-0.2, 0) is 11.3 Å². The molecule has 128 valence electrons. The molecule has 2 atom stereocenters. The Morgan fingerprint density at radius 3 is 2.74 bits per heavy atom. The zero-order valence-electron chi connectivity index (χ0n) is 13.0. The minimum Gasteiger partial charge on any atom is -0.360 e. The normalized spacial score (nSPS) is 27.4. The summed E-state index contributed by atoms with van der Waals surface area (Å²) in [5, 5.41) is 9.42. The van der Waals surface area contributed by atoms with E-state index in [1.807, 2.05) is 17.9 Å². The monoisotopic (exact) mass is 329 g/mol. The van der Waals surface area contributed by atoms with Crippen molar-refractivity contribution in [2.24, 2.45) is 0 Å². The van der Waals surface area contributed by atoms with E-state index in [1.54, 1.807) is 0 Å². The summed E-state index contributed by atoms with van der Waals surface area (Å²) in [7, 11) is 0. The fraction of sp³-hybridized carbons (Fsp3) is 0.714. The number of nitrogens with zero attached hydrogens (tertiary/aromatic N) is 3. The third kappa shape index (κ3) is 4.04. The van der Waals surface area contributed by atoms with Crippen LogP contribution in [0.15, 0.2) is 10.6 Å². The molecule has 0 bridgehead atoms. The molecule has 3 heterocycles. The molecular formula is C14H21F2N5O2. The molecule has 2 fully saturated rings. The standard InChI is InChI=1S/C14H21F2N5O2/c1-9-6-10(23-19-9)8-20-2-4-21(5-3-20)14-17-11(13(15)16)7-12(22)18-14/h6,11,13-14,17H,2-5,7-8H2,1H3,(H,18,22). The number of aryl methyl sites for hydroxylation is 1.